The topological polar surface area (TPSA) is 38.3 Å². The molecule has 0 radical (unpaired) electrons. The predicted octanol–water partition coefficient (Wildman–Crippen LogP) is 2.76. The first-order valence-corrected chi connectivity index (χ1v) is 7.20. The molecule has 104 valence electrons. The Morgan fingerprint density at radius 1 is 1.26 bits per heavy atom. The highest BCUT2D eigenvalue weighted by Crippen LogP contribution is 2.62. The van der Waals surface area contributed by atoms with Crippen molar-refractivity contribution >= 4 is 5.97 Å². The molecule has 19 heavy (non-hydrogen) atoms. The van der Waals surface area contributed by atoms with Crippen LogP contribution in [0.5, 0.6) is 0 Å². The maximum atomic E-state index is 10.8. The molecule has 1 aromatic rings. The van der Waals surface area contributed by atoms with Crippen LogP contribution in [0.25, 0.3) is 0 Å². The van der Waals surface area contributed by atoms with E-state index in [0.29, 0.717) is 19.6 Å². The number of carbonyl (C=O) groups is 1. The summed E-state index contributed by atoms with van der Waals surface area (Å²) >= 11 is 0. The molecule has 3 rings (SSSR count). The van der Waals surface area contributed by atoms with Crippen LogP contribution in [0.1, 0.15) is 31.7 Å². The van der Waals surface area contributed by atoms with Gasteiger partial charge in [-0.2, -0.15) is 0 Å². The second kappa shape index (κ2) is 7.29. The van der Waals surface area contributed by atoms with Crippen molar-refractivity contribution in [2.24, 2.45) is 11.8 Å². The van der Waals surface area contributed by atoms with E-state index in [4.69, 9.17) is 4.74 Å². The summed E-state index contributed by atoms with van der Waals surface area (Å²) in [6, 6.07) is 10.1. The number of fused-ring (bicyclic) bond motifs is 1. The molecule has 0 bridgehead atoms. The fourth-order valence-corrected chi connectivity index (χ4v) is 1.72. The van der Waals surface area contributed by atoms with Crippen molar-refractivity contribution in [3.63, 3.8) is 0 Å². The Kier molecular flexibility index (Phi) is 5.40. The quantitative estimate of drug-likeness (QED) is 0.632. The molecule has 3 nitrogen and oxygen atoms in total. The molecule has 0 spiro atoms. The highest BCUT2D eigenvalue weighted by molar-refractivity contribution is 5.68. The van der Waals surface area contributed by atoms with E-state index in [1.54, 1.807) is 19.8 Å². The van der Waals surface area contributed by atoms with Gasteiger partial charge in [0.15, 0.2) is 0 Å². The number of ether oxygens (including phenoxy) is 1. The highest BCUT2D eigenvalue weighted by atomic mass is 16.5. The monoisotopic (exact) mass is 261 g/mol. The van der Waals surface area contributed by atoms with Crippen LogP contribution in [-0.2, 0) is 16.1 Å². The average molecular weight is 261 g/mol. The Morgan fingerprint density at radius 3 is 2.42 bits per heavy atom. The van der Waals surface area contributed by atoms with Gasteiger partial charge >= 0.3 is 5.97 Å². The molecule has 0 aromatic heterocycles. The number of carbonyl (C=O) groups excluding carboxylic acids is 1. The molecule has 0 aliphatic heterocycles. The van der Waals surface area contributed by atoms with Gasteiger partial charge in [0.25, 0.3) is 0 Å². The number of rotatable bonds is 6. The summed E-state index contributed by atoms with van der Waals surface area (Å²) < 4.78 is 4.93. The van der Waals surface area contributed by atoms with E-state index in [9.17, 15) is 4.79 Å². The molecular formula is C16H23NO2. The van der Waals surface area contributed by atoms with E-state index >= 15 is 0 Å². The predicted molar refractivity (Wildman–Crippen MR) is 75.6 cm³/mol. The number of benzene rings is 1. The van der Waals surface area contributed by atoms with Crippen LogP contribution in [0.4, 0.5) is 0 Å². The Balaban J connectivity index is 0.000000272. The summed E-state index contributed by atoms with van der Waals surface area (Å²) in [6.45, 7) is 3.74. The normalized spacial score (nSPS) is 21.7. The summed E-state index contributed by atoms with van der Waals surface area (Å²) in [4.78, 5) is 10.8. The van der Waals surface area contributed by atoms with Crippen LogP contribution in [0.3, 0.4) is 0 Å². The minimum Gasteiger partial charge on any atom is -0.464 e. The Morgan fingerprint density at radius 2 is 1.89 bits per heavy atom. The lowest BCUT2D eigenvalue weighted by molar-refractivity contribution is -0.143. The Bertz CT molecular complexity index is 379. The third kappa shape index (κ3) is 5.88. The summed E-state index contributed by atoms with van der Waals surface area (Å²) in [5.41, 5.74) is 1.24. The second-order valence-electron chi connectivity index (χ2n) is 5.23. The van der Waals surface area contributed by atoms with Crippen LogP contribution >= 0.6 is 0 Å². The first-order chi connectivity index (χ1) is 9.29. The van der Waals surface area contributed by atoms with Gasteiger partial charge in [-0.25, -0.2) is 0 Å². The summed E-state index contributed by atoms with van der Waals surface area (Å²) in [5, 5.41) is 3.20. The van der Waals surface area contributed by atoms with E-state index in [1.807, 2.05) is 18.2 Å². The number of hydrogen-bond donors (Lipinski definition) is 1. The second-order valence-corrected chi connectivity index (χ2v) is 5.23. The zero-order chi connectivity index (χ0) is 13.5. The lowest BCUT2D eigenvalue weighted by atomic mass is 10.2. The molecule has 2 fully saturated rings. The fraction of sp³-hybridized carbons (Fsp3) is 0.562. The van der Waals surface area contributed by atoms with Crippen molar-refractivity contribution in [1.29, 1.82) is 0 Å². The van der Waals surface area contributed by atoms with E-state index < -0.39 is 0 Å². The zero-order valence-electron chi connectivity index (χ0n) is 11.6. The highest BCUT2D eigenvalue weighted by Gasteiger charge is 2.52. The Labute approximate surface area is 115 Å². The van der Waals surface area contributed by atoms with Gasteiger partial charge in [0.2, 0.25) is 0 Å². The molecule has 3 heteroatoms. The lowest BCUT2D eigenvalue weighted by Gasteiger charge is -2.05. The van der Waals surface area contributed by atoms with Gasteiger partial charge < -0.3 is 10.1 Å². The molecule has 2 aliphatic carbocycles. The van der Waals surface area contributed by atoms with Gasteiger partial charge in [-0.05, 0) is 30.2 Å². The Hall–Kier alpha value is -1.35. The van der Waals surface area contributed by atoms with E-state index in [2.05, 4.69) is 17.4 Å². The summed E-state index contributed by atoms with van der Waals surface area (Å²) in [5.74, 6) is 2.36. The largest absolute Gasteiger partial charge is 0.464 e. The SMILES string of the molecule is C1C2CC12.CCC(=O)OCCNCc1ccccc1. The van der Waals surface area contributed by atoms with Crippen molar-refractivity contribution in [1.82, 2.24) is 5.32 Å². The van der Waals surface area contributed by atoms with Crippen LogP contribution in [-0.4, -0.2) is 19.1 Å². The average Bonchev–Trinajstić information content (AvgIpc) is 3.31. The smallest absolute Gasteiger partial charge is 0.305 e. The maximum absolute atomic E-state index is 10.8. The number of esters is 1. The molecule has 2 aliphatic rings. The standard InChI is InChI=1S/C12H17NO2.C4H6/c1-2-12(14)15-9-8-13-10-11-6-4-3-5-7-11;1-3-2-4(1)3/h3-7,13H,2,8-10H2,1H3;3-4H,1-2H2. The van der Waals surface area contributed by atoms with Gasteiger partial charge in [0.05, 0.1) is 0 Å². The zero-order valence-corrected chi connectivity index (χ0v) is 11.6. The number of nitrogens with one attached hydrogen (secondary N) is 1. The number of hydrogen-bond acceptors (Lipinski definition) is 3. The van der Waals surface area contributed by atoms with Crippen LogP contribution < -0.4 is 5.32 Å². The third-order valence-corrected chi connectivity index (χ3v) is 3.47. The van der Waals surface area contributed by atoms with E-state index in [0.717, 1.165) is 6.54 Å². The van der Waals surface area contributed by atoms with Crippen molar-refractivity contribution in [2.45, 2.75) is 32.7 Å². The fourth-order valence-electron chi connectivity index (χ4n) is 1.72. The van der Waals surface area contributed by atoms with E-state index in [1.165, 1.54) is 17.4 Å². The van der Waals surface area contributed by atoms with Crippen LogP contribution in [0.2, 0.25) is 0 Å². The molecule has 1 aromatic carbocycles. The van der Waals surface area contributed by atoms with Crippen LogP contribution in [0.15, 0.2) is 30.3 Å². The third-order valence-electron chi connectivity index (χ3n) is 3.47. The van der Waals surface area contributed by atoms with E-state index in [-0.39, 0.29) is 5.97 Å². The molecular weight excluding hydrogens is 238 g/mol. The molecule has 0 atom stereocenters. The summed E-state index contributed by atoms with van der Waals surface area (Å²) in [6.07, 6.45) is 3.61. The van der Waals surface area contributed by atoms with Crippen molar-refractivity contribution < 1.29 is 9.53 Å². The van der Waals surface area contributed by atoms with Gasteiger partial charge in [0.1, 0.15) is 6.61 Å². The van der Waals surface area contributed by atoms with Crippen molar-refractivity contribution in [3.8, 4) is 0 Å². The first kappa shape index (κ1) is 14.1. The lowest BCUT2D eigenvalue weighted by Crippen LogP contribution is -2.20. The molecule has 2 saturated carbocycles. The molecule has 0 heterocycles. The molecule has 0 saturated heterocycles. The maximum Gasteiger partial charge on any atom is 0.305 e. The molecule has 0 unspecified atom stereocenters. The molecule has 1 N–H and O–H groups in total. The van der Waals surface area contributed by atoms with Gasteiger partial charge in [-0.3, -0.25) is 4.79 Å². The first-order valence-electron chi connectivity index (χ1n) is 7.20. The summed E-state index contributed by atoms with van der Waals surface area (Å²) in [7, 11) is 0. The molecule has 0 amide bonds. The van der Waals surface area contributed by atoms with Crippen LogP contribution in [0, 0.1) is 11.8 Å². The van der Waals surface area contributed by atoms with Crippen molar-refractivity contribution in [3.05, 3.63) is 35.9 Å². The minimum absolute atomic E-state index is 0.142. The van der Waals surface area contributed by atoms with Crippen molar-refractivity contribution in [2.75, 3.05) is 13.2 Å². The minimum atomic E-state index is -0.142. The van der Waals surface area contributed by atoms with Gasteiger partial charge in [0, 0.05) is 19.5 Å². The van der Waals surface area contributed by atoms with Gasteiger partial charge in [-0.1, -0.05) is 37.3 Å². The van der Waals surface area contributed by atoms with Gasteiger partial charge in [-0.15, -0.1) is 0 Å².